The van der Waals surface area contributed by atoms with E-state index in [4.69, 9.17) is 0 Å². The number of aromatic nitrogens is 5. The van der Waals surface area contributed by atoms with Gasteiger partial charge in [0, 0.05) is 31.4 Å². The van der Waals surface area contributed by atoms with Gasteiger partial charge in [0.1, 0.15) is 17.5 Å². The van der Waals surface area contributed by atoms with E-state index < -0.39 is 11.6 Å². The number of benzene rings is 1. The topological polar surface area (TPSA) is 59.4 Å². The van der Waals surface area contributed by atoms with Crippen LogP contribution >= 0.6 is 0 Å². The molecule has 4 aromatic rings. The summed E-state index contributed by atoms with van der Waals surface area (Å²) in [5, 5.41) is 4.14. The number of hydrogen-bond donors (Lipinski definition) is 1. The lowest BCUT2D eigenvalue weighted by molar-refractivity contribution is 0.588. The SMILES string of the molecule is Cn1cc(-c2cnc(Cc3ccnc(-c4c(F)cccc4F)c3)[nH]2)cn1. The molecule has 0 unspecified atom stereocenters. The van der Waals surface area contributed by atoms with Crippen molar-refractivity contribution in [1.82, 2.24) is 24.7 Å². The van der Waals surface area contributed by atoms with Crippen LogP contribution in [0.3, 0.4) is 0 Å². The third kappa shape index (κ3) is 3.11. The molecule has 0 radical (unpaired) electrons. The highest BCUT2D eigenvalue weighted by molar-refractivity contribution is 5.61. The van der Waals surface area contributed by atoms with Crippen molar-refractivity contribution in [3.63, 3.8) is 0 Å². The fourth-order valence-electron chi connectivity index (χ4n) is 2.82. The van der Waals surface area contributed by atoms with Crippen molar-refractivity contribution in [2.75, 3.05) is 0 Å². The molecule has 0 amide bonds. The molecule has 0 aliphatic rings. The highest BCUT2D eigenvalue weighted by Gasteiger charge is 2.13. The van der Waals surface area contributed by atoms with Gasteiger partial charge in [-0.25, -0.2) is 13.8 Å². The second-order valence-electron chi connectivity index (χ2n) is 5.97. The van der Waals surface area contributed by atoms with Crippen LogP contribution in [0.2, 0.25) is 0 Å². The normalized spacial score (nSPS) is 11.0. The van der Waals surface area contributed by atoms with Crippen molar-refractivity contribution in [1.29, 1.82) is 0 Å². The maximum Gasteiger partial charge on any atom is 0.135 e. The first-order chi connectivity index (χ1) is 12.6. The van der Waals surface area contributed by atoms with Gasteiger partial charge >= 0.3 is 0 Å². The summed E-state index contributed by atoms with van der Waals surface area (Å²) in [5.41, 5.74) is 2.80. The standard InChI is InChI=1S/C19H15F2N5/c1-26-11-13(9-24-26)17-10-23-18(25-17)8-12-5-6-22-16(7-12)19-14(20)3-2-4-15(19)21/h2-7,9-11H,8H2,1H3,(H,23,25). The zero-order chi connectivity index (χ0) is 18.1. The second-order valence-corrected chi connectivity index (χ2v) is 5.97. The molecular weight excluding hydrogens is 336 g/mol. The Morgan fingerprint density at radius 2 is 1.88 bits per heavy atom. The van der Waals surface area contributed by atoms with E-state index >= 15 is 0 Å². The third-order valence-electron chi connectivity index (χ3n) is 4.06. The van der Waals surface area contributed by atoms with Crippen LogP contribution in [0.5, 0.6) is 0 Å². The molecule has 0 bridgehead atoms. The van der Waals surface area contributed by atoms with Gasteiger partial charge in [-0.15, -0.1) is 0 Å². The van der Waals surface area contributed by atoms with Crippen LogP contribution in [0.4, 0.5) is 8.78 Å². The third-order valence-corrected chi connectivity index (χ3v) is 4.06. The lowest BCUT2D eigenvalue weighted by Gasteiger charge is -2.06. The van der Waals surface area contributed by atoms with Crippen molar-refractivity contribution in [2.45, 2.75) is 6.42 Å². The number of imidazole rings is 1. The summed E-state index contributed by atoms with van der Waals surface area (Å²) in [7, 11) is 1.85. The first kappa shape index (κ1) is 16.1. The first-order valence-corrected chi connectivity index (χ1v) is 8.02. The average Bonchev–Trinajstić information content (AvgIpc) is 3.24. The molecule has 0 aliphatic carbocycles. The van der Waals surface area contributed by atoms with Crippen LogP contribution in [0.15, 0.2) is 55.1 Å². The number of aromatic amines is 1. The Hall–Kier alpha value is -3.35. The van der Waals surface area contributed by atoms with Gasteiger partial charge in [0.2, 0.25) is 0 Å². The Balaban J connectivity index is 1.61. The molecule has 7 heteroatoms. The molecule has 0 fully saturated rings. The minimum atomic E-state index is -0.633. The van der Waals surface area contributed by atoms with E-state index in [-0.39, 0.29) is 11.3 Å². The van der Waals surface area contributed by atoms with Gasteiger partial charge in [0.05, 0.1) is 29.3 Å². The summed E-state index contributed by atoms with van der Waals surface area (Å²) in [4.78, 5) is 11.7. The number of aryl methyl sites for hydroxylation is 1. The lowest BCUT2D eigenvalue weighted by atomic mass is 10.1. The molecule has 5 nitrogen and oxygen atoms in total. The molecule has 0 saturated heterocycles. The highest BCUT2D eigenvalue weighted by atomic mass is 19.1. The van der Waals surface area contributed by atoms with Gasteiger partial charge in [0.15, 0.2) is 0 Å². The zero-order valence-electron chi connectivity index (χ0n) is 13.9. The van der Waals surface area contributed by atoms with Crippen LogP contribution in [0.25, 0.3) is 22.5 Å². The van der Waals surface area contributed by atoms with E-state index in [9.17, 15) is 8.78 Å². The predicted octanol–water partition coefficient (Wildman–Crippen LogP) is 3.74. The van der Waals surface area contributed by atoms with Crippen molar-refractivity contribution in [3.8, 4) is 22.5 Å². The van der Waals surface area contributed by atoms with Crippen molar-refractivity contribution in [3.05, 3.63) is 78.1 Å². The van der Waals surface area contributed by atoms with Gasteiger partial charge in [-0.3, -0.25) is 9.67 Å². The first-order valence-electron chi connectivity index (χ1n) is 8.02. The minimum Gasteiger partial charge on any atom is -0.342 e. The lowest BCUT2D eigenvalue weighted by Crippen LogP contribution is -1.96. The summed E-state index contributed by atoms with van der Waals surface area (Å²) in [6, 6.07) is 7.25. The molecule has 0 aliphatic heterocycles. The molecule has 0 atom stereocenters. The fourth-order valence-corrected chi connectivity index (χ4v) is 2.82. The van der Waals surface area contributed by atoms with Gasteiger partial charge < -0.3 is 4.98 Å². The molecule has 26 heavy (non-hydrogen) atoms. The van der Waals surface area contributed by atoms with Gasteiger partial charge in [-0.2, -0.15) is 5.10 Å². The predicted molar refractivity (Wildman–Crippen MR) is 93.2 cm³/mol. The van der Waals surface area contributed by atoms with Gasteiger partial charge in [0.25, 0.3) is 0 Å². The van der Waals surface area contributed by atoms with E-state index in [0.29, 0.717) is 6.42 Å². The van der Waals surface area contributed by atoms with Crippen LogP contribution in [-0.4, -0.2) is 24.7 Å². The smallest absolute Gasteiger partial charge is 0.135 e. The quantitative estimate of drug-likeness (QED) is 0.609. The Kier molecular flexibility index (Phi) is 4.04. The van der Waals surface area contributed by atoms with Gasteiger partial charge in [-0.05, 0) is 29.8 Å². The van der Waals surface area contributed by atoms with Crippen LogP contribution in [0.1, 0.15) is 11.4 Å². The number of rotatable bonds is 4. The Labute approximate surface area is 148 Å². The van der Waals surface area contributed by atoms with Crippen LogP contribution in [-0.2, 0) is 13.5 Å². The number of pyridine rings is 1. The molecule has 1 N–H and O–H groups in total. The average molecular weight is 351 g/mol. The van der Waals surface area contributed by atoms with Crippen LogP contribution < -0.4 is 0 Å². The minimum absolute atomic E-state index is 0.121. The van der Waals surface area contributed by atoms with Crippen molar-refractivity contribution >= 4 is 0 Å². The molecular formula is C19H15F2N5. The molecule has 3 aromatic heterocycles. The largest absolute Gasteiger partial charge is 0.342 e. The second kappa shape index (κ2) is 6.51. The number of hydrogen-bond acceptors (Lipinski definition) is 3. The van der Waals surface area contributed by atoms with Crippen molar-refractivity contribution < 1.29 is 8.78 Å². The van der Waals surface area contributed by atoms with E-state index in [1.165, 1.54) is 18.2 Å². The summed E-state index contributed by atoms with van der Waals surface area (Å²) < 4.78 is 29.7. The summed E-state index contributed by atoms with van der Waals surface area (Å²) in [6.07, 6.45) is 7.42. The number of nitrogens with zero attached hydrogens (tertiary/aromatic N) is 4. The van der Waals surface area contributed by atoms with Crippen molar-refractivity contribution in [2.24, 2.45) is 7.05 Å². The molecule has 3 heterocycles. The van der Waals surface area contributed by atoms with E-state index in [0.717, 1.165) is 22.6 Å². The van der Waals surface area contributed by atoms with Crippen LogP contribution in [0, 0.1) is 11.6 Å². The maximum absolute atomic E-state index is 14.0. The summed E-state index contributed by atoms with van der Waals surface area (Å²) in [6.45, 7) is 0. The Bertz CT molecular complexity index is 1050. The number of H-pyrrole nitrogens is 1. The van der Waals surface area contributed by atoms with E-state index in [1.807, 2.05) is 13.2 Å². The molecule has 130 valence electrons. The molecule has 0 saturated carbocycles. The fraction of sp³-hybridized carbons (Fsp3) is 0.105. The Morgan fingerprint density at radius 3 is 2.62 bits per heavy atom. The maximum atomic E-state index is 14.0. The highest BCUT2D eigenvalue weighted by Crippen LogP contribution is 2.25. The number of nitrogens with one attached hydrogen (secondary N) is 1. The van der Waals surface area contributed by atoms with E-state index in [1.54, 1.807) is 35.4 Å². The molecule has 0 spiro atoms. The summed E-state index contributed by atoms with van der Waals surface area (Å²) in [5.74, 6) is -0.520. The monoisotopic (exact) mass is 351 g/mol. The Morgan fingerprint density at radius 1 is 1.08 bits per heavy atom. The zero-order valence-corrected chi connectivity index (χ0v) is 13.9. The molecule has 4 rings (SSSR count). The molecule has 1 aromatic carbocycles. The van der Waals surface area contributed by atoms with E-state index in [2.05, 4.69) is 20.1 Å². The van der Waals surface area contributed by atoms with Gasteiger partial charge in [-0.1, -0.05) is 6.07 Å². The summed E-state index contributed by atoms with van der Waals surface area (Å²) >= 11 is 0. The number of halogens is 2.